The molecular weight excluding hydrogens is 264 g/mol. The van der Waals surface area contributed by atoms with Crippen molar-refractivity contribution >= 4 is 17.3 Å². The van der Waals surface area contributed by atoms with Crippen molar-refractivity contribution in [1.29, 1.82) is 0 Å². The molecule has 1 aromatic heterocycles. The van der Waals surface area contributed by atoms with Gasteiger partial charge in [-0.1, -0.05) is 0 Å². The molecular formula is C16H20N4O. The summed E-state index contributed by atoms with van der Waals surface area (Å²) in [7, 11) is 0. The van der Waals surface area contributed by atoms with E-state index in [-0.39, 0.29) is 11.9 Å². The van der Waals surface area contributed by atoms with E-state index < -0.39 is 0 Å². The van der Waals surface area contributed by atoms with Crippen LogP contribution in [0.4, 0.5) is 11.4 Å². The van der Waals surface area contributed by atoms with Crippen molar-refractivity contribution < 1.29 is 4.79 Å². The van der Waals surface area contributed by atoms with Gasteiger partial charge >= 0.3 is 0 Å². The summed E-state index contributed by atoms with van der Waals surface area (Å²) >= 11 is 0. The SMILES string of the molecule is CC(C(=O)Nc1ccc(N)cc1)n1cnc2c1CCCC2. The van der Waals surface area contributed by atoms with Crippen molar-refractivity contribution in [2.45, 2.75) is 38.6 Å². The Morgan fingerprint density at radius 1 is 1.29 bits per heavy atom. The summed E-state index contributed by atoms with van der Waals surface area (Å²) < 4.78 is 2.00. The summed E-state index contributed by atoms with van der Waals surface area (Å²) in [5, 5.41) is 2.92. The van der Waals surface area contributed by atoms with Gasteiger partial charge in [0.15, 0.2) is 0 Å². The van der Waals surface area contributed by atoms with Gasteiger partial charge in [-0.05, 0) is 56.9 Å². The number of benzene rings is 1. The highest BCUT2D eigenvalue weighted by Gasteiger charge is 2.22. The number of aryl methyl sites for hydroxylation is 1. The van der Waals surface area contributed by atoms with Crippen molar-refractivity contribution in [3.63, 3.8) is 0 Å². The summed E-state index contributed by atoms with van der Waals surface area (Å²) in [6.07, 6.45) is 6.19. The number of nitrogen functional groups attached to an aromatic ring is 1. The number of carbonyl (C=O) groups is 1. The average molecular weight is 284 g/mol. The fourth-order valence-electron chi connectivity index (χ4n) is 2.77. The smallest absolute Gasteiger partial charge is 0.247 e. The van der Waals surface area contributed by atoms with Crippen molar-refractivity contribution in [3.8, 4) is 0 Å². The van der Waals surface area contributed by atoms with Crippen molar-refractivity contribution in [3.05, 3.63) is 42.0 Å². The quantitative estimate of drug-likeness (QED) is 0.851. The molecule has 1 amide bonds. The molecule has 21 heavy (non-hydrogen) atoms. The number of imidazole rings is 1. The first-order valence-electron chi connectivity index (χ1n) is 7.36. The molecule has 3 rings (SSSR count). The van der Waals surface area contributed by atoms with Crippen LogP contribution in [-0.2, 0) is 17.6 Å². The number of rotatable bonds is 3. The van der Waals surface area contributed by atoms with E-state index >= 15 is 0 Å². The number of nitrogens with two attached hydrogens (primary N) is 1. The number of aromatic nitrogens is 2. The van der Waals surface area contributed by atoms with Crippen LogP contribution >= 0.6 is 0 Å². The second-order valence-corrected chi connectivity index (χ2v) is 5.54. The fourth-order valence-corrected chi connectivity index (χ4v) is 2.77. The zero-order valence-corrected chi connectivity index (χ0v) is 12.2. The van der Waals surface area contributed by atoms with E-state index in [0.717, 1.165) is 24.2 Å². The van der Waals surface area contributed by atoms with Crippen LogP contribution in [0.15, 0.2) is 30.6 Å². The standard InChI is InChI=1S/C16H20N4O/c1-11(16(21)19-13-8-6-12(17)7-9-13)20-10-18-14-4-2-3-5-15(14)20/h6-11H,2-5,17H2,1H3,(H,19,21). The third kappa shape index (κ3) is 2.77. The zero-order chi connectivity index (χ0) is 14.8. The molecule has 0 fully saturated rings. The number of nitrogens with one attached hydrogen (secondary N) is 1. The topological polar surface area (TPSA) is 72.9 Å². The monoisotopic (exact) mass is 284 g/mol. The van der Waals surface area contributed by atoms with Crippen molar-refractivity contribution in [1.82, 2.24) is 9.55 Å². The Bertz CT molecular complexity index is 645. The molecule has 1 aromatic carbocycles. The van der Waals surface area contributed by atoms with E-state index in [1.807, 2.05) is 23.6 Å². The molecule has 1 aliphatic rings. The number of hydrogen-bond donors (Lipinski definition) is 2. The highest BCUT2D eigenvalue weighted by Crippen LogP contribution is 2.23. The molecule has 3 N–H and O–H groups in total. The summed E-state index contributed by atoms with van der Waals surface area (Å²) in [6, 6.07) is 6.91. The van der Waals surface area contributed by atoms with Crippen molar-refractivity contribution in [2.75, 3.05) is 11.1 Å². The molecule has 0 saturated carbocycles. The Kier molecular flexibility index (Phi) is 3.64. The molecule has 5 heteroatoms. The maximum absolute atomic E-state index is 12.4. The van der Waals surface area contributed by atoms with E-state index in [1.54, 1.807) is 18.5 Å². The van der Waals surface area contributed by atoms with Crippen LogP contribution in [0.2, 0.25) is 0 Å². The van der Waals surface area contributed by atoms with Gasteiger partial charge in [0.2, 0.25) is 5.91 Å². The predicted octanol–water partition coefficient (Wildman–Crippen LogP) is 2.54. The Hall–Kier alpha value is -2.30. The molecule has 1 aliphatic carbocycles. The number of anilines is 2. The lowest BCUT2D eigenvalue weighted by molar-refractivity contribution is -0.118. The minimum Gasteiger partial charge on any atom is -0.399 e. The van der Waals surface area contributed by atoms with Crippen LogP contribution in [0.1, 0.15) is 37.2 Å². The number of fused-ring (bicyclic) bond motifs is 1. The molecule has 1 heterocycles. The van der Waals surface area contributed by atoms with Crippen LogP contribution in [-0.4, -0.2) is 15.5 Å². The van der Waals surface area contributed by atoms with E-state index in [2.05, 4.69) is 10.3 Å². The third-order valence-corrected chi connectivity index (χ3v) is 4.03. The van der Waals surface area contributed by atoms with Gasteiger partial charge in [-0.25, -0.2) is 4.98 Å². The van der Waals surface area contributed by atoms with Crippen LogP contribution in [0.25, 0.3) is 0 Å². The maximum Gasteiger partial charge on any atom is 0.247 e. The zero-order valence-electron chi connectivity index (χ0n) is 12.2. The first kappa shape index (κ1) is 13.7. The number of amides is 1. The van der Waals surface area contributed by atoms with Gasteiger partial charge in [-0.3, -0.25) is 4.79 Å². The van der Waals surface area contributed by atoms with Gasteiger partial charge < -0.3 is 15.6 Å². The molecule has 0 radical (unpaired) electrons. The van der Waals surface area contributed by atoms with Gasteiger partial charge in [0.25, 0.3) is 0 Å². The third-order valence-electron chi connectivity index (χ3n) is 4.03. The van der Waals surface area contributed by atoms with Crippen LogP contribution < -0.4 is 11.1 Å². The van der Waals surface area contributed by atoms with Gasteiger partial charge in [-0.2, -0.15) is 0 Å². The molecule has 1 unspecified atom stereocenters. The van der Waals surface area contributed by atoms with E-state index in [1.165, 1.54) is 18.5 Å². The summed E-state index contributed by atoms with van der Waals surface area (Å²) in [4.78, 5) is 16.8. The molecule has 0 aliphatic heterocycles. The maximum atomic E-state index is 12.4. The molecule has 1 atom stereocenters. The molecule has 0 spiro atoms. The van der Waals surface area contributed by atoms with Gasteiger partial charge in [0.1, 0.15) is 6.04 Å². The number of carbonyl (C=O) groups excluding carboxylic acids is 1. The normalized spacial score (nSPS) is 15.3. The first-order valence-corrected chi connectivity index (χ1v) is 7.36. The summed E-state index contributed by atoms with van der Waals surface area (Å²) in [5.74, 6) is -0.0365. The van der Waals surface area contributed by atoms with E-state index in [4.69, 9.17) is 5.73 Å². The lowest BCUT2D eigenvalue weighted by atomic mass is 10.0. The minimum atomic E-state index is -0.267. The Morgan fingerprint density at radius 2 is 2.00 bits per heavy atom. The van der Waals surface area contributed by atoms with Crippen LogP contribution in [0.5, 0.6) is 0 Å². The lowest BCUT2D eigenvalue weighted by Gasteiger charge is -2.19. The number of nitrogens with zero attached hydrogens (tertiary/aromatic N) is 2. The predicted molar refractivity (Wildman–Crippen MR) is 83.1 cm³/mol. The highest BCUT2D eigenvalue weighted by atomic mass is 16.2. The van der Waals surface area contributed by atoms with E-state index in [9.17, 15) is 4.79 Å². The van der Waals surface area contributed by atoms with Crippen LogP contribution in [0, 0.1) is 0 Å². The second kappa shape index (κ2) is 5.60. The van der Waals surface area contributed by atoms with Crippen LogP contribution in [0.3, 0.4) is 0 Å². The fraction of sp³-hybridized carbons (Fsp3) is 0.375. The molecule has 0 saturated heterocycles. The first-order chi connectivity index (χ1) is 10.1. The Balaban J connectivity index is 1.75. The largest absolute Gasteiger partial charge is 0.399 e. The molecule has 5 nitrogen and oxygen atoms in total. The molecule has 0 bridgehead atoms. The van der Waals surface area contributed by atoms with Gasteiger partial charge in [-0.15, -0.1) is 0 Å². The minimum absolute atomic E-state index is 0.0365. The number of hydrogen-bond acceptors (Lipinski definition) is 3. The van der Waals surface area contributed by atoms with Crippen molar-refractivity contribution in [2.24, 2.45) is 0 Å². The lowest BCUT2D eigenvalue weighted by Crippen LogP contribution is -2.25. The average Bonchev–Trinajstić information content (AvgIpc) is 2.92. The molecule has 110 valence electrons. The summed E-state index contributed by atoms with van der Waals surface area (Å²) in [5.41, 5.74) is 9.45. The molecule has 2 aromatic rings. The Morgan fingerprint density at radius 3 is 2.76 bits per heavy atom. The van der Waals surface area contributed by atoms with Gasteiger partial charge in [0, 0.05) is 17.1 Å². The second-order valence-electron chi connectivity index (χ2n) is 5.54. The Labute approximate surface area is 124 Å². The van der Waals surface area contributed by atoms with E-state index in [0.29, 0.717) is 5.69 Å². The summed E-state index contributed by atoms with van der Waals surface area (Å²) in [6.45, 7) is 1.91. The highest BCUT2D eigenvalue weighted by molar-refractivity contribution is 5.93. The van der Waals surface area contributed by atoms with Gasteiger partial charge in [0.05, 0.1) is 12.0 Å².